The van der Waals surface area contributed by atoms with E-state index in [1.807, 2.05) is 30.3 Å². The van der Waals surface area contributed by atoms with Crippen molar-refractivity contribution in [2.75, 3.05) is 13.7 Å². The van der Waals surface area contributed by atoms with Crippen molar-refractivity contribution in [1.29, 1.82) is 0 Å². The summed E-state index contributed by atoms with van der Waals surface area (Å²) in [5.74, 6) is 0.359. The number of fused-ring (bicyclic) bond motifs is 1. The number of esters is 1. The lowest BCUT2D eigenvalue weighted by Crippen LogP contribution is -2.16. The van der Waals surface area contributed by atoms with Gasteiger partial charge in [0.2, 0.25) is 0 Å². The zero-order valence-corrected chi connectivity index (χ0v) is 12.9. The molecule has 0 bridgehead atoms. The van der Waals surface area contributed by atoms with Crippen LogP contribution in [0.5, 0.6) is 5.75 Å². The van der Waals surface area contributed by atoms with Gasteiger partial charge in [0.25, 0.3) is 0 Å². The van der Waals surface area contributed by atoms with E-state index >= 15 is 0 Å². The van der Waals surface area contributed by atoms with Crippen molar-refractivity contribution in [2.24, 2.45) is 0 Å². The Balaban J connectivity index is 1.92. The molecule has 0 aromatic heterocycles. The quantitative estimate of drug-likeness (QED) is 0.807. The monoisotopic (exact) mass is 314 g/mol. The van der Waals surface area contributed by atoms with Crippen LogP contribution in [0.1, 0.15) is 16.7 Å². The first-order valence-corrected chi connectivity index (χ1v) is 7.33. The third kappa shape index (κ3) is 3.00. The molecule has 0 amide bonds. The molecule has 0 N–H and O–H groups in total. The van der Waals surface area contributed by atoms with Crippen molar-refractivity contribution >= 4 is 23.6 Å². The van der Waals surface area contributed by atoms with Crippen LogP contribution in [-0.4, -0.2) is 19.7 Å². The minimum Gasteiger partial charge on any atom is -0.488 e. The molecule has 0 radical (unpaired) electrons. The molecule has 0 saturated heterocycles. The maximum Gasteiger partial charge on any atom is 0.337 e. The van der Waals surface area contributed by atoms with Crippen LogP contribution < -0.4 is 4.74 Å². The van der Waals surface area contributed by atoms with Crippen LogP contribution in [0.25, 0.3) is 6.08 Å². The highest BCUT2D eigenvalue weighted by molar-refractivity contribution is 6.31. The number of carbonyl (C=O) groups excluding carboxylic acids is 1. The van der Waals surface area contributed by atoms with Gasteiger partial charge in [-0.2, -0.15) is 0 Å². The highest BCUT2D eigenvalue weighted by Crippen LogP contribution is 2.33. The molecule has 0 atom stereocenters. The maximum absolute atomic E-state index is 11.6. The number of hydrogen-bond donors (Lipinski definition) is 0. The van der Waals surface area contributed by atoms with Gasteiger partial charge in [-0.05, 0) is 35.8 Å². The fraction of sp³-hybridized carbons (Fsp3) is 0.167. The van der Waals surface area contributed by atoms with Crippen LogP contribution in [0.15, 0.2) is 48.0 Å². The summed E-state index contributed by atoms with van der Waals surface area (Å²) in [6, 6.07) is 13.9. The molecule has 112 valence electrons. The number of halogens is 1. The van der Waals surface area contributed by atoms with Gasteiger partial charge in [0.05, 0.1) is 12.7 Å². The molecule has 22 heavy (non-hydrogen) atoms. The van der Waals surface area contributed by atoms with Crippen molar-refractivity contribution in [3.8, 4) is 5.75 Å². The molecule has 1 aliphatic heterocycles. The minimum atomic E-state index is -0.380. The van der Waals surface area contributed by atoms with Crippen LogP contribution in [0.3, 0.4) is 0 Å². The first kappa shape index (κ1) is 14.7. The molecule has 0 fully saturated rings. The Morgan fingerprint density at radius 2 is 2.05 bits per heavy atom. The normalized spacial score (nSPS) is 12.9. The van der Waals surface area contributed by atoms with E-state index in [1.54, 1.807) is 6.08 Å². The number of ether oxygens (including phenoxy) is 2. The van der Waals surface area contributed by atoms with Crippen LogP contribution in [0.2, 0.25) is 5.02 Å². The van der Waals surface area contributed by atoms with Crippen LogP contribution >= 0.6 is 11.6 Å². The van der Waals surface area contributed by atoms with Crippen LogP contribution in [-0.2, 0) is 16.0 Å². The van der Waals surface area contributed by atoms with Crippen molar-refractivity contribution < 1.29 is 14.3 Å². The summed E-state index contributed by atoms with van der Waals surface area (Å²) >= 11 is 6.37. The fourth-order valence-electron chi connectivity index (χ4n) is 2.43. The van der Waals surface area contributed by atoms with E-state index in [1.165, 1.54) is 12.7 Å². The molecular formula is C18H15ClO3. The standard InChI is InChI=1S/C18H15ClO3/c1-21-18(20)15-8-14-9-16(19)13(10-17(14)22-11-15)7-12-5-3-2-4-6-12/h2-6,8-10H,7,11H2,1H3. The molecular weight excluding hydrogens is 300 g/mol. The molecule has 1 aliphatic rings. The van der Waals surface area contributed by atoms with Gasteiger partial charge in [-0.3, -0.25) is 0 Å². The summed E-state index contributed by atoms with van der Waals surface area (Å²) in [6.07, 6.45) is 2.51. The topological polar surface area (TPSA) is 35.5 Å². The molecule has 2 aromatic carbocycles. The fourth-order valence-corrected chi connectivity index (χ4v) is 2.67. The van der Waals surface area contributed by atoms with Gasteiger partial charge >= 0.3 is 5.97 Å². The summed E-state index contributed by atoms with van der Waals surface area (Å²) in [5, 5.41) is 0.661. The van der Waals surface area contributed by atoms with E-state index in [2.05, 4.69) is 12.1 Å². The van der Waals surface area contributed by atoms with E-state index in [9.17, 15) is 4.79 Å². The van der Waals surface area contributed by atoms with Gasteiger partial charge in [-0.25, -0.2) is 4.79 Å². The van der Waals surface area contributed by atoms with E-state index in [0.29, 0.717) is 10.6 Å². The van der Waals surface area contributed by atoms with Crippen molar-refractivity contribution in [3.63, 3.8) is 0 Å². The molecule has 0 aliphatic carbocycles. The van der Waals surface area contributed by atoms with Gasteiger partial charge in [-0.15, -0.1) is 0 Å². The predicted octanol–water partition coefficient (Wildman–Crippen LogP) is 3.88. The summed E-state index contributed by atoms with van der Waals surface area (Å²) in [4.78, 5) is 11.6. The average molecular weight is 315 g/mol. The predicted molar refractivity (Wildman–Crippen MR) is 86.2 cm³/mol. The summed E-state index contributed by atoms with van der Waals surface area (Å²) in [5.41, 5.74) is 3.47. The Hall–Kier alpha value is -2.26. The molecule has 0 saturated carbocycles. The minimum absolute atomic E-state index is 0.214. The largest absolute Gasteiger partial charge is 0.488 e. The van der Waals surface area contributed by atoms with E-state index in [-0.39, 0.29) is 12.6 Å². The third-order valence-corrected chi connectivity index (χ3v) is 3.93. The summed E-state index contributed by atoms with van der Waals surface area (Å²) in [6.45, 7) is 0.214. The summed E-state index contributed by atoms with van der Waals surface area (Å²) in [7, 11) is 1.36. The maximum atomic E-state index is 11.6. The van der Waals surface area contributed by atoms with Gasteiger partial charge in [0.15, 0.2) is 0 Å². The Bertz CT molecular complexity index is 735. The smallest absolute Gasteiger partial charge is 0.337 e. The molecule has 3 nitrogen and oxygen atoms in total. The second-order valence-electron chi connectivity index (χ2n) is 5.09. The number of hydrogen-bond acceptors (Lipinski definition) is 3. The number of carbonyl (C=O) groups is 1. The van der Waals surface area contributed by atoms with Crippen LogP contribution in [0, 0.1) is 0 Å². The molecule has 3 rings (SSSR count). The first-order chi connectivity index (χ1) is 10.7. The number of benzene rings is 2. The second-order valence-corrected chi connectivity index (χ2v) is 5.50. The molecule has 1 heterocycles. The Labute approximate surface area is 134 Å². The number of methoxy groups -OCH3 is 1. The van der Waals surface area contributed by atoms with Gasteiger partial charge in [-0.1, -0.05) is 41.9 Å². The average Bonchev–Trinajstić information content (AvgIpc) is 2.55. The van der Waals surface area contributed by atoms with E-state index in [4.69, 9.17) is 21.1 Å². The van der Waals surface area contributed by atoms with E-state index < -0.39 is 0 Å². The zero-order valence-electron chi connectivity index (χ0n) is 12.1. The molecule has 0 spiro atoms. The number of rotatable bonds is 3. The first-order valence-electron chi connectivity index (χ1n) is 6.95. The Kier molecular flexibility index (Phi) is 4.16. The van der Waals surface area contributed by atoms with Crippen molar-refractivity contribution in [2.45, 2.75) is 6.42 Å². The van der Waals surface area contributed by atoms with Gasteiger partial charge < -0.3 is 9.47 Å². The van der Waals surface area contributed by atoms with Crippen LogP contribution in [0.4, 0.5) is 0 Å². The highest BCUT2D eigenvalue weighted by Gasteiger charge is 2.19. The van der Waals surface area contributed by atoms with Crippen molar-refractivity contribution in [1.82, 2.24) is 0 Å². The lowest BCUT2D eigenvalue weighted by atomic mass is 10.0. The molecule has 2 aromatic rings. The zero-order chi connectivity index (χ0) is 15.5. The Morgan fingerprint density at radius 3 is 2.77 bits per heavy atom. The van der Waals surface area contributed by atoms with Gasteiger partial charge in [0, 0.05) is 10.6 Å². The Morgan fingerprint density at radius 1 is 1.27 bits per heavy atom. The highest BCUT2D eigenvalue weighted by atomic mass is 35.5. The second kappa shape index (κ2) is 6.24. The third-order valence-electron chi connectivity index (χ3n) is 3.58. The lowest BCUT2D eigenvalue weighted by Gasteiger charge is -2.18. The van der Waals surface area contributed by atoms with Gasteiger partial charge in [0.1, 0.15) is 12.4 Å². The SMILES string of the molecule is COC(=O)C1=Cc2cc(Cl)c(Cc3ccccc3)cc2OC1. The van der Waals surface area contributed by atoms with E-state index in [0.717, 1.165) is 23.3 Å². The lowest BCUT2D eigenvalue weighted by molar-refractivity contribution is -0.136. The summed E-state index contributed by atoms with van der Waals surface area (Å²) < 4.78 is 10.4. The molecule has 0 unspecified atom stereocenters. The van der Waals surface area contributed by atoms with Crippen molar-refractivity contribution in [3.05, 3.63) is 69.8 Å². The molecule has 4 heteroatoms.